The number of imidazole rings is 1. The van der Waals surface area contributed by atoms with Crippen molar-refractivity contribution in [3.63, 3.8) is 0 Å². The Kier molecular flexibility index (Phi) is 6.23. The zero-order valence-corrected chi connectivity index (χ0v) is 20.5. The molecule has 0 bridgehead atoms. The molecule has 38 heavy (non-hydrogen) atoms. The number of benzene rings is 4. The lowest BCUT2D eigenvalue weighted by atomic mass is 10.1. The van der Waals surface area contributed by atoms with Gasteiger partial charge in [0.25, 0.3) is 0 Å². The second-order valence-electron chi connectivity index (χ2n) is 8.78. The van der Waals surface area contributed by atoms with E-state index in [0.29, 0.717) is 18.0 Å². The third-order valence-corrected chi connectivity index (χ3v) is 6.20. The Morgan fingerprint density at radius 1 is 0.868 bits per heavy atom. The average molecular weight is 494 g/mol. The molecule has 0 atom stereocenters. The van der Waals surface area contributed by atoms with Crippen molar-refractivity contribution in [2.24, 2.45) is 0 Å². The summed E-state index contributed by atoms with van der Waals surface area (Å²) in [4.78, 5) is 7.87. The number of hydrogen-bond acceptors (Lipinski definition) is 4. The van der Waals surface area contributed by atoms with Gasteiger partial charge in [-0.3, -0.25) is 0 Å². The molecule has 0 saturated heterocycles. The Labute approximate surface area is 220 Å². The zero-order valence-electron chi connectivity index (χ0n) is 20.5. The fourth-order valence-corrected chi connectivity index (χ4v) is 4.27. The summed E-state index contributed by atoms with van der Waals surface area (Å²) in [7, 11) is 0. The fraction of sp³-hybridized carbons (Fsp3) is 0.0312. The SMILES string of the molecule is N#C/C(=C/c1cn(-c2ccccc2)nc1-c1ccc(OCc2ccccc2)cc1)c1nc2ccccc2[nH]1. The van der Waals surface area contributed by atoms with Crippen molar-refractivity contribution in [1.82, 2.24) is 19.7 Å². The topological polar surface area (TPSA) is 79.5 Å². The van der Waals surface area contributed by atoms with Crippen LogP contribution in [0.3, 0.4) is 0 Å². The molecule has 6 nitrogen and oxygen atoms in total. The third-order valence-electron chi connectivity index (χ3n) is 6.20. The first-order valence-corrected chi connectivity index (χ1v) is 12.3. The van der Waals surface area contributed by atoms with E-state index in [1.54, 1.807) is 0 Å². The maximum Gasteiger partial charge on any atom is 0.149 e. The molecule has 6 rings (SSSR count). The van der Waals surface area contributed by atoms with E-state index in [2.05, 4.69) is 16.0 Å². The lowest BCUT2D eigenvalue weighted by molar-refractivity contribution is 0.306. The number of ether oxygens (including phenoxy) is 1. The van der Waals surface area contributed by atoms with Crippen LogP contribution in [0.4, 0.5) is 0 Å². The van der Waals surface area contributed by atoms with Crippen LogP contribution in [0, 0.1) is 11.3 Å². The largest absolute Gasteiger partial charge is 0.489 e. The summed E-state index contributed by atoms with van der Waals surface area (Å²) >= 11 is 0. The second-order valence-corrected chi connectivity index (χ2v) is 8.78. The Bertz CT molecular complexity index is 1730. The lowest BCUT2D eigenvalue weighted by Gasteiger charge is -2.07. The molecular formula is C32H23N5O. The van der Waals surface area contributed by atoms with Crippen LogP contribution < -0.4 is 4.74 Å². The van der Waals surface area contributed by atoms with Crippen LogP contribution in [-0.2, 0) is 6.61 Å². The van der Waals surface area contributed by atoms with E-state index in [-0.39, 0.29) is 0 Å². The summed E-state index contributed by atoms with van der Waals surface area (Å²) in [6.07, 6.45) is 3.77. The van der Waals surface area contributed by atoms with Crippen molar-refractivity contribution in [3.8, 4) is 28.8 Å². The van der Waals surface area contributed by atoms with Crippen molar-refractivity contribution >= 4 is 22.7 Å². The predicted octanol–water partition coefficient (Wildman–Crippen LogP) is 7.06. The number of aromatic amines is 1. The van der Waals surface area contributed by atoms with Gasteiger partial charge in [-0.25, -0.2) is 9.67 Å². The minimum Gasteiger partial charge on any atom is -0.489 e. The third kappa shape index (κ3) is 4.81. The minimum atomic E-state index is 0.429. The van der Waals surface area contributed by atoms with Gasteiger partial charge in [0, 0.05) is 17.3 Å². The molecule has 0 spiro atoms. The van der Waals surface area contributed by atoms with Gasteiger partial charge < -0.3 is 9.72 Å². The first-order chi connectivity index (χ1) is 18.8. The van der Waals surface area contributed by atoms with Crippen molar-refractivity contribution < 1.29 is 4.74 Å². The minimum absolute atomic E-state index is 0.429. The normalized spacial score (nSPS) is 11.4. The van der Waals surface area contributed by atoms with Gasteiger partial charge in [-0.1, -0.05) is 60.7 Å². The van der Waals surface area contributed by atoms with Crippen LogP contribution in [0.1, 0.15) is 17.0 Å². The Morgan fingerprint density at radius 2 is 1.58 bits per heavy atom. The standard InChI is InChI=1S/C32H23N5O/c33-20-25(32-34-29-13-7-8-14-30(29)35-32)19-26-21-37(27-11-5-2-6-12-27)36-31(26)24-15-17-28(18-16-24)38-22-23-9-3-1-4-10-23/h1-19,21H,22H2,(H,34,35)/b25-19-. The summed E-state index contributed by atoms with van der Waals surface area (Å²) in [5.41, 5.74) is 6.65. The van der Waals surface area contributed by atoms with Gasteiger partial charge in [-0.15, -0.1) is 0 Å². The molecule has 6 heteroatoms. The average Bonchev–Trinajstić information content (AvgIpc) is 3.61. The number of para-hydroxylation sites is 3. The van der Waals surface area contributed by atoms with E-state index in [9.17, 15) is 5.26 Å². The first kappa shape index (κ1) is 23.0. The lowest BCUT2D eigenvalue weighted by Crippen LogP contribution is -1.95. The van der Waals surface area contributed by atoms with E-state index in [4.69, 9.17) is 9.84 Å². The maximum atomic E-state index is 10.0. The molecule has 0 aliphatic heterocycles. The molecule has 0 aliphatic rings. The first-order valence-electron chi connectivity index (χ1n) is 12.3. The maximum absolute atomic E-state index is 10.0. The van der Waals surface area contributed by atoms with Crippen LogP contribution in [-0.4, -0.2) is 19.7 Å². The number of allylic oxidation sites excluding steroid dienone is 1. The van der Waals surface area contributed by atoms with Gasteiger partial charge in [0.2, 0.25) is 0 Å². The number of nitrogens with one attached hydrogen (secondary N) is 1. The van der Waals surface area contributed by atoms with Gasteiger partial charge in [0.1, 0.15) is 24.3 Å². The summed E-state index contributed by atoms with van der Waals surface area (Å²) in [6, 6.07) is 37.9. The van der Waals surface area contributed by atoms with Gasteiger partial charge in [0.05, 0.1) is 28.0 Å². The number of rotatable bonds is 7. The highest BCUT2D eigenvalue weighted by atomic mass is 16.5. The highest BCUT2D eigenvalue weighted by molar-refractivity contribution is 5.92. The van der Waals surface area contributed by atoms with Gasteiger partial charge in [-0.2, -0.15) is 10.4 Å². The molecule has 0 saturated carbocycles. The molecule has 0 radical (unpaired) electrons. The van der Waals surface area contributed by atoms with Crippen molar-refractivity contribution in [3.05, 3.63) is 132 Å². The number of hydrogen-bond donors (Lipinski definition) is 1. The Morgan fingerprint density at radius 3 is 2.32 bits per heavy atom. The molecular weight excluding hydrogens is 470 g/mol. The molecule has 6 aromatic rings. The van der Waals surface area contributed by atoms with Gasteiger partial charge in [-0.05, 0) is 60.2 Å². The molecule has 0 amide bonds. The molecule has 1 N–H and O–H groups in total. The van der Waals surface area contributed by atoms with Gasteiger partial charge in [0.15, 0.2) is 0 Å². The number of H-pyrrole nitrogens is 1. The summed E-state index contributed by atoms with van der Waals surface area (Å²) in [6.45, 7) is 0.500. The number of nitriles is 1. The molecule has 2 heterocycles. The predicted molar refractivity (Wildman–Crippen MR) is 149 cm³/mol. The fourth-order valence-electron chi connectivity index (χ4n) is 4.27. The van der Waals surface area contributed by atoms with E-state index in [1.165, 1.54) is 0 Å². The van der Waals surface area contributed by atoms with Crippen LogP contribution in [0.15, 0.2) is 115 Å². The van der Waals surface area contributed by atoms with Crippen LogP contribution in [0.5, 0.6) is 5.75 Å². The van der Waals surface area contributed by atoms with Crippen molar-refractivity contribution in [2.75, 3.05) is 0 Å². The quantitative estimate of drug-likeness (QED) is 0.242. The second kappa shape index (κ2) is 10.3. The Hall–Kier alpha value is -5.41. The molecule has 0 fully saturated rings. The monoisotopic (exact) mass is 493 g/mol. The van der Waals surface area contributed by atoms with Crippen molar-refractivity contribution in [2.45, 2.75) is 6.61 Å². The van der Waals surface area contributed by atoms with E-state index in [0.717, 1.165) is 44.9 Å². The van der Waals surface area contributed by atoms with Crippen LogP contribution in [0.2, 0.25) is 0 Å². The molecule has 2 aromatic heterocycles. The number of nitrogens with zero attached hydrogens (tertiary/aromatic N) is 4. The van der Waals surface area contributed by atoms with E-state index < -0.39 is 0 Å². The number of fused-ring (bicyclic) bond motifs is 1. The number of aromatic nitrogens is 4. The summed E-state index contributed by atoms with van der Waals surface area (Å²) in [5, 5.41) is 14.9. The van der Waals surface area contributed by atoms with Crippen molar-refractivity contribution in [1.29, 1.82) is 5.26 Å². The van der Waals surface area contributed by atoms with Crippen LogP contribution in [0.25, 0.3) is 39.6 Å². The van der Waals surface area contributed by atoms with E-state index in [1.807, 2.05) is 126 Å². The highest BCUT2D eigenvalue weighted by Crippen LogP contribution is 2.29. The summed E-state index contributed by atoms with van der Waals surface area (Å²) in [5.74, 6) is 1.30. The molecule has 0 aliphatic carbocycles. The molecule has 4 aromatic carbocycles. The van der Waals surface area contributed by atoms with Gasteiger partial charge >= 0.3 is 0 Å². The summed E-state index contributed by atoms with van der Waals surface area (Å²) < 4.78 is 7.79. The highest BCUT2D eigenvalue weighted by Gasteiger charge is 2.15. The molecule has 182 valence electrons. The zero-order chi connectivity index (χ0) is 25.7. The molecule has 0 unspecified atom stereocenters. The smallest absolute Gasteiger partial charge is 0.149 e. The van der Waals surface area contributed by atoms with Crippen LogP contribution >= 0.6 is 0 Å². The Balaban J connectivity index is 1.36. The van der Waals surface area contributed by atoms with E-state index >= 15 is 0 Å².